The lowest BCUT2D eigenvalue weighted by Crippen LogP contribution is -2.20. The Bertz CT molecular complexity index is 1060. The van der Waals surface area contributed by atoms with Crippen LogP contribution in [0.5, 0.6) is 0 Å². The summed E-state index contributed by atoms with van der Waals surface area (Å²) < 4.78 is 25.7. The van der Waals surface area contributed by atoms with Gasteiger partial charge in [0, 0.05) is 16.7 Å². The molecule has 0 radical (unpaired) electrons. The van der Waals surface area contributed by atoms with Crippen LogP contribution in [-0.4, -0.2) is 34.8 Å². The fraction of sp³-hybridized carbons (Fsp3) is 0.0667. The van der Waals surface area contributed by atoms with Crippen LogP contribution in [-0.2, 0) is 9.84 Å². The molecule has 7 nitrogen and oxygen atoms in total. The third kappa shape index (κ3) is 1.92. The van der Waals surface area contributed by atoms with E-state index in [1.54, 1.807) is 18.2 Å². The van der Waals surface area contributed by atoms with Gasteiger partial charge in [0.2, 0.25) is 15.7 Å². The van der Waals surface area contributed by atoms with E-state index in [1.165, 1.54) is 18.2 Å². The Balaban J connectivity index is 2.01. The molecule has 0 saturated heterocycles. The number of hydrogen-bond donors (Lipinski definition) is 1. The number of rotatable bonds is 1. The molecule has 2 aromatic carbocycles. The van der Waals surface area contributed by atoms with E-state index in [-0.39, 0.29) is 32.5 Å². The number of sulfone groups is 1. The van der Waals surface area contributed by atoms with Crippen LogP contribution in [0.3, 0.4) is 0 Å². The monoisotopic (exact) mass is 326 g/mol. The summed E-state index contributed by atoms with van der Waals surface area (Å²) in [6.45, 7) is 1.81. The minimum Gasteiger partial charge on any atom is -0.289 e. The predicted molar refractivity (Wildman–Crippen MR) is 79.7 cm³/mol. The summed E-state index contributed by atoms with van der Waals surface area (Å²) in [4.78, 5) is 12.6. The fourth-order valence-corrected chi connectivity index (χ4v) is 4.33. The molecule has 0 saturated carbocycles. The maximum Gasteiger partial charge on any atom is 0.208 e. The number of ketones is 1. The minimum absolute atomic E-state index is 0.0267. The van der Waals surface area contributed by atoms with Gasteiger partial charge >= 0.3 is 0 Å². The van der Waals surface area contributed by atoms with Gasteiger partial charge in [0.15, 0.2) is 5.78 Å². The molecule has 2 heterocycles. The number of nitrogens with zero attached hydrogens (tertiary/aromatic N) is 3. The number of tetrazole rings is 1. The largest absolute Gasteiger partial charge is 0.289 e. The molecule has 0 fully saturated rings. The summed E-state index contributed by atoms with van der Waals surface area (Å²) in [6.07, 6.45) is 0. The number of hydrogen-bond acceptors (Lipinski definition) is 6. The number of carbonyl (C=O) groups is 1. The molecule has 1 aliphatic heterocycles. The van der Waals surface area contributed by atoms with Crippen molar-refractivity contribution in [2.75, 3.05) is 0 Å². The SMILES string of the molecule is Cc1ccc2c(c1)C(=O)c1ccc(-c3nn[nH]n3)cc1S2(=O)=O. The smallest absolute Gasteiger partial charge is 0.208 e. The highest BCUT2D eigenvalue weighted by Gasteiger charge is 2.35. The standard InChI is InChI=1S/C15H10N4O3S/c1-8-2-5-12-11(6-8)14(20)10-4-3-9(15-16-18-19-17-15)7-13(10)23(12,21)22/h2-7H,1H3,(H,16,17,18,19). The van der Waals surface area contributed by atoms with Gasteiger partial charge < -0.3 is 0 Å². The normalized spacial score (nSPS) is 15.1. The molecule has 0 bridgehead atoms. The zero-order valence-electron chi connectivity index (χ0n) is 11.9. The summed E-state index contributed by atoms with van der Waals surface area (Å²) in [5.74, 6) is -0.0293. The summed E-state index contributed by atoms with van der Waals surface area (Å²) in [5, 5.41) is 13.4. The maximum absolute atomic E-state index is 12.9. The van der Waals surface area contributed by atoms with E-state index >= 15 is 0 Å². The molecule has 1 N–H and O–H groups in total. The number of fused-ring (bicyclic) bond motifs is 2. The van der Waals surface area contributed by atoms with E-state index < -0.39 is 9.84 Å². The van der Waals surface area contributed by atoms with Crippen LogP contribution in [0, 0.1) is 6.92 Å². The quantitative estimate of drug-likeness (QED) is 0.569. The highest BCUT2D eigenvalue weighted by atomic mass is 32.2. The number of aryl methyl sites for hydroxylation is 1. The van der Waals surface area contributed by atoms with E-state index in [1.807, 2.05) is 6.92 Å². The first kappa shape index (κ1) is 13.8. The topological polar surface area (TPSA) is 106 Å². The molecule has 1 aromatic heterocycles. The van der Waals surface area contributed by atoms with Gasteiger partial charge in [-0.3, -0.25) is 4.79 Å². The zero-order chi connectivity index (χ0) is 16.2. The Hall–Kier alpha value is -2.87. The van der Waals surface area contributed by atoms with Crippen LogP contribution in [0.15, 0.2) is 46.2 Å². The highest BCUT2D eigenvalue weighted by Crippen LogP contribution is 2.36. The zero-order valence-corrected chi connectivity index (χ0v) is 12.8. The van der Waals surface area contributed by atoms with Crippen molar-refractivity contribution in [1.29, 1.82) is 0 Å². The molecular weight excluding hydrogens is 316 g/mol. The average molecular weight is 326 g/mol. The molecule has 0 spiro atoms. The van der Waals surface area contributed by atoms with Gasteiger partial charge in [0.25, 0.3) is 0 Å². The second-order valence-electron chi connectivity index (χ2n) is 5.28. The van der Waals surface area contributed by atoms with Crippen molar-refractivity contribution < 1.29 is 13.2 Å². The van der Waals surface area contributed by atoms with Crippen molar-refractivity contribution in [2.24, 2.45) is 0 Å². The fourth-order valence-electron chi connectivity index (χ4n) is 2.67. The van der Waals surface area contributed by atoms with Gasteiger partial charge in [-0.15, -0.1) is 10.2 Å². The first-order valence-electron chi connectivity index (χ1n) is 6.77. The van der Waals surface area contributed by atoms with Crippen LogP contribution in [0.2, 0.25) is 0 Å². The molecule has 23 heavy (non-hydrogen) atoms. The van der Waals surface area contributed by atoms with Crippen molar-refractivity contribution >= 4 is 15.6 Å². The van der Waals surface area contributed by atoms with Crippen LogP contribution in [0.1, 0.15) is 21.5 Å². The summed E-state index contributed by atoms with van der Waals surface area (Å²) in [5.41, 5.74) is 1.68. The van der Waals surface area contributed by atoms with Crippen LogP contribution >= 0.6 is 0 Å². The van der Waals surface area contributed by atoms with Gasteiger partial charge in [-0.25, -0.2) is 8.42 Å². The van der Waals surface area contributed by atoms with E-state index in [4.69, 9.17) is 0 Å². The first-order chi connectivity index (χ1) is 11.0. The lowest BCUT2D eigenvalue weighted by molar-refractivity contribution is 0.103. The third-order valence-electron chi connectivity index (χ3n) is 3.79. The van der Waals surface area contributed by atoms with Crippen LogP contribution in [0.25, 0.3) is 11.4 Å². The second-order valence-corrected chi connectivity index (χ2v) is 7.17. The molecule has 3 aromatic rings. The number of carbonyl (C=O) groups excluding carboxylic acids is 1. The molecule has 0 atom stereocenters. The van der Waals surface area contributed by atoms with Crippen LogP contribution in [0.4, 0.5) is 0 Å². The van der Waals surface area contributed by atoms with Crippen molar-refractivity contribution in [3.8, 4) is 11.4 Å². The summed E-state index contributed by atoms with van der Waals surface area (Å²) in [7, 11) is -3.77. The lowest BCUT2D eigenvalue weighted by atomic mass is 9.99. The number of benzene rings is 2. The van der Waals surface area contributed by atoms with E-state index in [2.05, 4.69) is 20.6 Å². The Morgan fingerprint density at radius 2 is 1.83 bits per heavy atom. The molecule has 0 aliphatic carbocycles. The highest BCUT2D eigenvalue weighted by molar-refractivity contribution is 7.91. The average Bonchev–Trinajstić information content (AvgIpc) is 3.07. The first-order valence-corrected chi connectivity index (χ1v) is 8.25. The molecule has 8 heteroatoms. The van der Waals surface area contributed by atoms with Gasteiger partial charge in [-0.2, -0.15) is 5.21 Å². The van der Waals surface area contributed by atoms with Crippen LogP contribution < -0.4 is 0 Å². The van der Waals surface area contributed by atoms with Gasteiger partial charge in [0.1, 0.15) is 0 Å². The van der Waals surface area contributed by atoms with Crippen molar-refractivity contribution in [2.45, 2.75) is 16.7 Å². The molecular formula is C15H10N4O3S. The van der Waals surface area contributed by atoms with Gasteiger partial charge in [-0.05, 0) is 36.4 Å². The van der Waals surface area contributed by atoms with E-state index in [9.17, 15) is 13.2 Å². The molecule has 0 amide bonds. The summed E-state index contributed by atoms with van der Waals surface area (Å²) in [6, 6.07) is 9.27. The Morgan fingerprint density at radius 1 is 1.00 bits per heavy atom. The number of aromatic nitrogens is 4. The number of nitrogens with one attached hydrogen (secondary N) is 1. The van der Waals surface area contributed by atoms with Gasteiger partial charge in [0.05, 0.1) is 9.79 Å². The Morgan fingerprint density at radius 3 is 2.57 bits per heavy atom. The molecule has 0 unspecified atom stereocenters. The predicted octanol–water partition coefficient (Wildman–Crippen LogP) is 1.55. The maximum atomic E-state index is 12.9. The summed E-state index contributed by atoms with van der Waals surface area (Å²) >= 11 is 0. The lowest BCUT2D eigenvalue weighted by Gasteiger charge is -2.19. The second kappa shape index (κ2) is 4.56. The number of aromatic amines is 1. The van der Waals surface area contributed by atoms with Crippen molar-refractivity contribution in [3.63, 3.8) is 0 Å². The van der Waals surface area contributed by atoms with E-state index in [0.717, 1.165) is 5.56 Å². The van der Waals surface area contributed by atoms with E-state index in [0.29, 0.717) is 5.56 Å². The van der Waals surface area contributed by atoms with Crippen molar-refractivity contribution in [3.05, 3.63) is 53.1 Å². The number of H-pyrrole nitrogens is 1. The van der Waals surface area contributed by atoms with Gasteiger partial charge in [-0.1, -0.05) is 17.7 Å². The Kier molecular flexibility index (Phi) is 2.73. The molecule has 114 valence electrons. The molecule has 4 rings (SSSR count). The third-order valence-corrected chi connectivity index (χ3v) is 5.64. The Labute approximate surface area is 131 Å². The molecule has 1 aliphatic rings. The van der Waals surface area contributed by atoms with Crippen molar-refractivity contribution in [1.82, 2.24) is 20.6 Å². The minimum atomic E-state index is -3.77.